The van der Waals surface area contributed by atoms with Gasteiger partial charge in [-0.2, -0.15) is 11.8 Å². The number of carbonyl (C=O) groups excluding carboxylic acids is 1. The molecule has 3 heterocycles. The number of aryl methyl sites for hydroxylation is 1. The Morgan fingerprint density at radius 2 is 2.04 bits per heavy atom. The van der Waals surface area contributed by atoms with Gasteiger partial charge in [0.1, 0.15) is 11.6 Å². The molecule has 1 amide bonds. The van der Waals surface area contributed by atoms with E-state index < -0.39 is 0 Å². The first-order valence-electron chi connectivity index (χ1n) is 9.22. The number of pyridine rings is 1. The van der Waals surface area contributed by atoms with Crippen molar-refractivity contribution in [1.29, 1.82) is 0 Å². The molecule has 6 heteroatoms. The number of hydrogen-bond acceptors (Lipinski definition) is 5. The fourth-order valence-corrected chi connectivity index (χ4v) is 4.77. The molecule has 2 saturated heterocycles. The Morgan fingerprint density at radius 1 is 1.23 bits per heavy atom. The van der Waals surface area contributed by atoms with Gasteiger partial charge in [-0.05, 0) is 37.1 Å². The van der Waals surface area contributed by atoms with Crippen molar-refractivity contribution in [3.63, 3.8) is 0 Å². The largest absolute Gasteiger partial charge is 0.497 e. The molecule has 0 spiro atoms. The minimum atomic E-state index is 0.0983. The van der Waals surface area contributed by atoms with E-state index in [1.54, 1.807) is 7.11 Å². The molecule has 1 atom stereocenters. The van der Waals surface area contributed by atoms with E-state index in [1.165, 1.54) is 5.56 Å². The molecule has 0 aliphatic carbocycles. The molecule has 0 N–H and O–H groups in total. The molecule has 0 saturated carbocycles. The van der Waals surface area contributed by atoms with Crippen molar-refractivity contribution in [2.75, 3.05) is 49.7 Å². The third-order valence-corrected chi connectivity index (χ3v) is 6.34. The average Bonchev–Trinajstić information content (AvgIpc) is 3.17. The molecule has 2 aliphatic rings. The minimum absolute atomic E-state index is 0.0983. The number of anilines is 1. The van der Waals surface area contributed by atoms with Crippen molar-refractivity contribution in [2.24, 2.45) is 5.92 Å². The lowest BCUT2D eigenvalue weighted by Crippen LogP contribution is -2.42. The van der Waals surface area contributed by atoms with Gasteiger partial charge in [0.05, 0.1) is 18.5 Å². The molecule has 4 rings (SSSR count). The maximum Gasteiger partial charge on any atom is 0.227 e. The standard InChI is InChI=1S/C20H25N3O2S/c1-14-11-19(21-18-12-16(25-2)3-4-17(14)18)23-6-5-15(13-23)20(24)22-7-9-26-10-8-22/h3-4,11-12,15H,5-10,13H2,1-2H3. The lowest BCUT2D eigenvalue weighted by molar-refractivity contribution is -0.134. The van der Waals surface area contributed by atoms with Gasteiger partial charge in [0.2, 0.25) is 5.91 Å². The number of thioether (sulfide) groups is 1. The summed E-state index contributed by atoms with van der Waals surface area (Å²) in [7, 11) is 1.67. The second-order valence-electron chi connectivity index (χ2n) is 7.05. The predicted molar refractivity (Wildman–Crippen MR) is 107 cm³/mol. The number of methoxy groups -OCH3 is 1. The summed E-state index contributed by atoms with van der Waals surface area (Å²) in [6.07, 6.45) is 0.916. The molecule has 5 nitrogen and oxygen atoms in total. The smallest absolute Gasteiger partial charge is 0.227 e. The minimum Gasteiger partial charge on any atom is -0.497 e. The molecule has 1 aromatic heterocycles. The van der Waals surface area contributed by atoms with Gasteiger partial charge in [-0.15, -0.1) is 0 Å². The third-order valence-electron chi connectivity index (χ3n) is 5.39. The Labute approximate surface area is 158 Å². The van der Waals surface area contributed by atoms with Crippen LogP contribution in [0.4, 0.5) is 5.82 Å². The number of carbonyl (C=O) groups is 1. The van der Waals surface area contributed by atoms with E-state index in [-0.39, 0.29) is 5.92 Å². The predicted octanol–water partition coefficient (Wildman–Crippen LogP) is 2.95. The highest BCUT2D eigenvalue weighted by molar-refractivity contribution is 7.99. The highest BCUT2D eigenvalue weighted by atomic mass is 32.2. The van der Waals surface area contributed by atoms with Crippen LogP contribution in [0.15, 0.2) is 24.3 Å². The van der Waals surface area contributed by atoms with Gasteiger partial charge in [0.25, 0.3) is 0 Å². The molecule has 138 valence electrons. The van der Waals surface area contributed by atoms with Crippen LogP contribution in [0.3, 0.4) is 0 Å². The molecule has 26 heavy (non-hydrogen) atoms. The van der Waals surface area contributed by atoms with Gasteiger partial charge in [0.15, 0.2) is 0 Å². The Hall–Kier alpha value is -1.95. The number of fused-ring (bicyclic) bond motifs is 1. The van der Waals surface area contributed by atoms with E-state index in [9.17, 15) is 4.79 Å². The number of amides is 1. The highest BCUT2D eigenvalue weighted by Gasteiger charge is 2.32. The lowest BCUT2D eigenvalue weighted by atomic mass is 10.1. The van der Waals surface area contributed by atoms with Gasteiger partial charge in [-0.1, -0.05) is 0 Å². The first-order valence-corrected chi connectivity index (χ1v) is 10.4. The van der Waals surface area contributed by atoms with Crippen LogP contribution in [0.2, 0.25) is 0 Å². The van der Waals surface area contributed by atoms with Crippen LogP contribution in [0.25, 0.3) is 10.9 Å². The van der Waals surface area contributed by atoms with Crippen molar-refractivity contribution >= 4 is 34.4 Å². The summed E-state index contributed by atoms with van der Waals surface area (Å²) in [5, 5.41) is 1.15. The Bertz CT molecular complexity index is 820. The van der Waals surface area contributed by atoms with E-state index in [2.05, 4.69) is 28.9 Å². The van der Waals surface area contributed by atoms with Crippen molar-refractivity contribution in [2.45, 2.75) is 13.3 Å². The van der Waals surface area contributed by atoms with Crippen molar-refractivity contribution in [3.05, 3.63) is 29.8 Å². The van der Waals surface area contributed by atoms with Gasteiger partial charge >= 0.3 is 0 Å². The summed E-state index contributed by atoms with van der Waals surface area (Å²) in [5.74, 6) is 4.34. The van der Waals surface area contributed by atoms with Gasteiger partial charge < -0.3 is 14.5 Å². The van der Waals surface area contributed by atoms with Gasteiger partial charge in [0, 0.05) is 49.1 Å². The molecule has 1 aromatic carbocycles. The Morgan fingerprint density at radius 3 is 2.81 bits per heavy atom. The second kappa shape index (κ2) is 7.35. The van der Waals surface area contributed by atoms with Crippen LogP contribution in [0, 0.1) is 12.8 Å². The Kier molecular flexibility index (Phi) is 4.94. The molecule has 2 aromatic rings. The molecule has 1 unspecified atom stereocenters. The number of nitrogens with zero attached hydrogens (tertiary/aromatic N) is 3. The average molecular weight is 372 g/mol. The first kappa shape index (κ1) is 17.5. The molecular formula is C20H25N3O2S. The van der Waals surface area contributed by atoms with E-state index in [1.807, 2.05) is 23.9 Å². The van der Waals surface area contributed by atoms with Crippen LogP contribution in [0.1, 0.15) is 12.0 Å². The number of aromatic nitrogens is 1. The normalized spacial score (nSPS) is 20.6. The van der Waals surface area contributed by atoms with Crippen LogP contribution < -0.4 is 9.64 Å². The van der Waals surface area contributed by atoms with E-state index in [0.29, 0.717) is 5.91 Å². The number of ether oxygens (including phenoxy) is 1. The molecular weight excluding hydrogens is 346 g/mol. The summed E-state index contributed by atoms with van der Waals surface area (Å²) in [4.78, 5) is 22.0. The van der Waals surface area contributed by atoms with Gasteiger partial charge in [-0.25, -0.2) is 4.98 Å². The molecule has 2 fully saturated rings. The van der Waals surface area contributed by atoms with E-state index >= 15 is 0 Å². The van der Waals surface area contributed by atoms with Crippen molar-refractivity contribution in [3.8, 4) is 5.75 Å². The topological polar surface area (TPSA) is 45.7 Å². The summed E-state index contributed by atoms with van der Waals surface area (Å²) in [5.41, 5.74) is 2.15. The van der Waals surface area contributed by atoms with E-state index in [0.717, 1.165) is 66.6 Å². The number of benzene rings is 1. The monoisotopic (exact) mass is 371 g/mol. The maximum atomic E-state index is 12.8. The van der Waals surface area contributed by atoms with E-state index in [4.69, 9.17) is 9.72 Å². The van der Waals surface area contributed by atoms with Crippen molar-refractivity contribution < 1.29 is 9.53 Å². The van der Waals surface area contributed by atoms with Crippen LogP contribution in [0.5, 0.6) is 5.75 Å². The molecule has 0 bridgehead atoms. The Balaban J connectivity index is 1.53. The zero-order valence-corrected chi connectivity index (χ0v) is 16.2. The summed E-state index contributed by atoms with van der Waals surface area (Å²) in [6, 6.07) is 8.15. The zero-order valence-electron chi connectivity index (χ0n) is 15.4. The maximum absolute atomic E-state index is 12.8. The fraction of sp³-hybridized carbons (Fsp3) is 0.500. The van der Waals surface area contributed by atoms with Crippen LogP contribution >= 0.6 is 11.8 Å². The quantitative estimate of drug-likeness (QED) is 0.830. The second-order valence-corrected chi connectivity index (χ2v) is 8.27. The van der Waals surface area contributed by atoms with Crippen LogP contribution in [-0.4, -0.2) is 60.6 Å². The summed E-state index contributed by atoms with van der Waals surface area (Å²) < 4.78 is 5.34. The molecule has 2 aliphatic heterocycles. The SMILES string of the molecule is COc1ccc2c(C)cc(N3CCC(C(=O)N4CCSCC4)C3)nc2c1. The zero-order chi connectivity index (χ0) is 18.1. The lowest BCUT2D eigenvalue weighted by Gasteiger charge is -2.29. The fourth-order valence-electron chi connectivity index (χ4n) is 3.87. The highest BCUT2D eigenvalue weighted by Crippen LogP contribution is 2.29. The van der Waals surface area contributed by atoms with Crippen LogP contribution in [-0.2, 0) is 4.79 Å². The first-order chi connectivity index (χ1) is 12.7. The summed E-state index contributed by atoms with van der Waals surface area (Å²) >= 11 is 1.94. The van der Waals surface area contributed by atoms with Crippen molar-refractivity contribution in [1.82, 2.24) is 9.88 Å². The third kappa shape index (κ3) is 3.34. The van der Waals surface area contributed by atoms with Gasteiger partial charge in [-0.3, -0.25) is 4.79 Å². The molecule has 0 radical (unpaired) electrons. The summed E-state index contributed by atoms with van der Waals surface area (Å²) in [6.45, 7) is 5.57. The number of rotatable bonds is 3. The number of hydrogen-bond donors (Lipinski definition) is 0.